The van der Waals surface area contributed by atoms with Gasteiger partial charge in [-0.05, 0) is 38.0 Å². The molecule has 8 nitrogen and oxygen atoms in total. The van der Waals surface area contributed by atoms with Gasteiger partial charge in [-0.2, -0.15) is 0 Å². The summed E-state index contributed by atoms with van der Waals surface area (Å²) in [5.74, 6) is 1.62. The number of aromatic nitrogens is 4. The zero-order chi connectivity index (χ0) is 21.1. The maximum atomic E-state index is 12.7. The number of anilines is 1. The van der Waals surface area contributed by atoms with Gasteiger partial charge in [0.25, 0.3) is 0 Å². The summed E-state index contributed by atoms with van der Waals surface area (Å²) in [7, 11) is 1.76. The first-order valence-corrected chi connectivity index (χ1v) is 10.4. The summed E-state index contributed by atoms with van der Waals surface area (Å²) in [6.07, 6.45) is 5.14. The topological polar surface area (TPSA) is 87.4 Å². The number of likely N-dealkylation sites (N-methyl/N-ethyl adjacent to an activating group) is 1. The predicted molar refractivity (Wildman–Crippen MR) is 115 cm³/mol. The number of β-amino-alcohol motifs (C(OH)–C–C–N with tert-alkyl or cyclic N) is 1. The number of rotatable bonds is 7. The van der Waals surface area contributed by atoms with Crippen molar-refractivity contribution in [1.82, 2.24) is 24.4 Å². The number of amides is 1. The van der Waals surface area contributed by atoms with Crippen LogP contribution in [0, 0.1) is 6.92 Å². The molecule has 0 saturated carbocycles. The van der Waals surface area contributed by atoms with E-state index < -0.39 is 5.60 Å². The predicted octanol–water partition coefficient (Wildman–Crippen LogP) is 2.01. The van der Waals surface area contributed by atoms with Gasteiger partial charge in [-0.15, -0.1) is 0 Å². The van der Waals surface area contributed by atoms with Crippen molar-refractivity contribution in [3.63, 3.8) is 0 Å². The standard InChI is InChI=1S/C22H28N6O2/c1-17-25-18-7-3-4-8-19(18)28(17)13-5-9-20(29)26(2)15-22(30)10-14-27(16-22)21-23-11-6-12-24-21/h3-4,6-8,11-12,30H,5,9-10,13-16H2,1-2H3. The number of hydrogen-bond acceptors (Lipinski definition) is 6. The van der Waals surface area contributed by atoms with Gasteiger partial charge in [-0.25, -0.2) is 15.0 Å². The quantitative estimate of drug-likeness (QED) is 0.644. The first kappa shape index (κ1) is 20.3. The minimum Gasteiger partial charge on any atom is -0.386 e. The lowest BCUT2D eigenvalue weighted by Gasteiger charge is -2.29. The van der Waals surface area contributed by atoms with Gasteiger partial charge in [-0.1, -0.05) is 12.1 Å². The summed E-state index contributed by atoms with van der Waals surface area (Å²) >= 11 is 0. The molecule has 0 bridgehead atoms. The zero-order valence-corrected chi connectivity index (χ0v) is 17.5. The van der Waals surface area contributed by atoms with Crippen LogP contribution in [0.3, 0.4) is 0 Å². The molecule has 2 aromatic heterocycles. The Morgan fingerprint density at radius 2 is 2.00 bits per heavy atom. The number of fused-ring (bicyclic) bond motifs is 1. The van der Waals surface area contributed by atoms with Crippen molar-refractivity contribution in [1.29, 1.82) is 0 Å². The fourth-order valence-corrected chi connectivity index (χ4v) is 4.20. The van der Waals surface area contributed by atoms with Crippen LogP contribution in [0.4, 0.5) is 5.95 Å². The number of carbonyl (C=O) groups excluding carboxylic acids is 1. The highest BCUT2D eigenvalue weighted by atomic mass is 16.3. The van der Waals surface area contributed by atoms with E-state index in [-0.39, 0.29) is 5.91 Å². The number of aliphatic hydroxyl groups is 1. The lowest BCUT2D eigenvalue weighted by Crippen LogP contribution is -2.46. The number of aryl methyl sites for hydroxylation is 2. The van der Waals surface area contributed by atoms with Gasteiger partial charge in [0, 0.05) is 39.0 Å². The summed E-state index contributed by atoms with van der Waals surface area (Å²) in [5, 5.41) is 11.0. The van der Waals surface area contributed by atoms with Gasteiger partial charge in [-0.3, -0.25) is 4.79 Å². The van der Waals surface area contributed by atoms with Crippen molar-refractivity contribution in [3.05, 3.63) is 48.5 Å². The number of carbonyl (C=O) groups is 1. The summed E-state index contributed by atoms with van der Waals surface area (Å²) in [6, 6.07) is 9.82. The Labute approximate surface area is 176 Å². The molecule has 30 heavy (non-hydrogen) atoms. The van der Waals surface area contributed by atoms with Gasteiger partial charge < -0.3 is 19.5 Å². The minimum absolute atomic E-state index is 0.0416. The summed E-state index contributed by atoms with van der Waals surface area (Å²) < 4.78 is 2.16. The van der Waals surface area contributed by atoms with Crippen LogP contribution < -0.4 is 4.90 Å². The molecule has 1 fully saturated rings. The van der Waals surface area contributed by atoms with Crippen molar-refractivity contribution < 1.29 is 9.90 Å². The maximum Gasteiger partial charge on any atom is 0.225 e. The second-order valence-corrected chi connectivity index (χ2v) is 8.10. The van der Waals surface area contributed by atoms with Crippen molar-refractivity contribution in [2.45, 2.75) is 38.3 Å². The van der Waals surface area contributed by atoms with E-state index >= 15 is 0 Å². The Morgan fingerprint density at radius 1 is 1.23 bits per heavy atom. The van der Waals surface area contributed by atoms with E-state index in [1.807, 2.05) is 30.0 Å². The lowest BCUT2D eigenvalue weighted by molar-refractivity contribution is -0.132. The second-order valence-electron chi connectivity index (χ2n) is 8.10. The van der Waals surface area contributed by atoms with Crippen molar-refractivity contribution in [2.24, 2.45) is 0 Å². The SMILES string of the molecule is Cc1nc2ccccc2n1CCCC(=O)N(C)CC1(O)CCN(c2ncccn2)C1. The van der Waals surface area contributed by atoms with Gasteiger partial charge in [0.15, 0.2) is 0 Å². The van der Waals surface area contributed by atoms with E-state index in [2.05, 4.69) is 25.6 Å². The molecule has 3 heterocycles. The molecule has 1 atom stereocenters. The monoisotopic (exact) mass is 408 g/mol. The third kappa shape index (κ3) is 4.28. The minimum atomic E-state index is -0.944. The molecule has 3 aromatic rings. The number of benzene rings is 1. The van der Waals surface area contributed by atoms with E-state index in [9.17, 15) is 9.90 Å². The molecule has 0 spiro atoms. The van der Waals surface area contributed by atoms with Crippen LogP contribution in [0.5, 0.6) is 0 Å². The average Bonchev–Trinajstić information content (AvgIpc) is 3.28. The van der Waals surface area contributed by atoms with Crippen LogP contribution in [-0.4, -0.2) is 67.7 Å². The van der Waals surface area contributed by atoms with E-state index in [4.69, 9.17) is 0 Å². The van der Waals surface area contributed by atoms with Crippen molar-refractivity contribution in [2.75, 3.05) is 31.6 Å². The molecule has 0 aliphatic carbocycles. The largest absolute Gasteiger partial charge is 0.386 e. The maximum absolute atomic E-state index is 12.7. The molecule has 4 rings (SSSR count). The number of hydrogen-bond donors (Lipinski definition) is 1. The van der Waals surface area contributed by atoms with Crippen LogP contribution in [-0.2, 0) is 11.3 Å². The number of nitrogens with zero attached hydrogens (tertiary/aromatic N) is 6. The Hall–Kier alpha value is -3.00. The highest BCUT2D eigenvalue weighted by Gasteiger charge is 2.38. The smallest absolute Gasteiger partial charge is 0.225 e. The second kappa shape index (κ2) is 8.39. The Balaban J connectivity index is 1.29. The Kier molecular flexibility index (Phi) is 5.67. The molecule has 0 radical (unpaired) electrons. The molecule has 1 unspecified atom stereocenters. The third-order valence-electron chi connectivity index (χ3n) is 5.74. The Bertz CT molecular complexity index is 1020. The number of imidazole rings is 1. The first-order chi connectivity index (χ1) is 14.5. The van der Waals surface area contributed by atoms with E-state index in [0.717, 1.165) is 29.8 Å². The third-order valence-corrected chi connectivity index (χ3v) is 5.74. The molecular formula is C22H28N6O2. The molecule has 8 heteroatoms. The van der Waals surface area contributed by atoms with Crippen LogP contribution in [0.2, 0.25) is 0 Å². The molecule has 1 aliphatic rings. The summed E-state index contributed by atoms with van der Waals surface area (Å²) in [5.41, 5.74) is 1.13. The van der Waals surface area contributed by atoms with Crippen molar-refractivity contribution in [3.8, 4) is 0 Å². The molecule has 1 saturated heterocycles. The number of para-hydroxylation sites is 2. The highest BCUT2D eigenvalue weighted by Crippen LogP contribution is 2.25. The summed E-state index contributed by atoms with van der Waals surface area (Å²) in [6.45, 7) is 4.15. The zero-order valence-electron chi connectivity index (χ0n) is 17.5. The van der Waals surface area contributed by atoms with Crippen LogP contribution >= 0.6 is 0 Å². The first-order valence-electron chi connectivity index (χ1n) is 10.4. The van der Waals surface area contributed by atoms with Gasteiger partial charge in [0.2, 0.25) is 11.9 Å². The van der Waals surface area contributed by atoms with Crippen LogP contribution in [0.15, 0.2) is 42.7 Å². The average molecular weight is 409 g/mol. The summed E-state index contributed by atoms with van der Waals surface area (Å²) in [4.78, 5) is 29.3. The van der Waals surface area contributed by atoms with Gasteiger partial charge >= 0.3 is 0 Å². The highest BCUT2D eigenvalue weighted by molar-refractivity contribution is 5.77. The van der Waals surface area contributed by atoms with Crippen LogP contribution in [0.25, 0.3) is 11.0 Å². The van der Waals surface area contributed by atoms with E-state index in [1.54, 1.807) is 30.4 Å². The van der Waals surface area contributed by atoms with E-state index in [0.29, 0.717) is 38.4 Å². The molecule has 1 aliphatic heterocycles. The molecule has 1 N–H and O–H groups in total. The van der Waals surface area contributed by atoms with Gasteiger partial charge in [0.05, 0.1) is 24.1 Å². The fraction of sp³-hybridized carbons (Fsp3) is 0.455. The normalized spacial score (nSPS) is 18.8. The van der Waals surface area contributed by atoms with Crippen LogP contribution in [0.1, 0.15) is 25.1 Å². The molecular weight excluding hydrogens is 380 g/mol. The molecule has 158 valence electrons. The molecule has 1 amide bonds. The fourth-order valence-electron chi connectivity index (χ4n) is 4.20. The van der Waals surface area contributed by atoms with Gasteiger partial charge in [0.1, 0.15) is 11.4 Å². The lowest BCUT2D eigenvalue weighted by atomic mass is 10.0. The van der Waals surface area contributed by atoms with Crippen molar-refractivity contribution >= 4 is 22.9 Å². The van der Waals surface area contributed by atoms with E-state index in [1.165, 1.54) is 0 Å². The molecule has 1 aromatic carbocycles. The Morgan fingerprint density at radius 3 is 2.80 bits per heavy atom.